The first kappa shape index (κ1) is 31.8. The minimum Gasteiger partial charge on any atom is -0.378 e. The van der Waals surface area contributed by atoms with Crippen molar-refractivity contribution in [1.82, 2.24) is 9.62 Å². The minimum atomic E-state index is -3.47. The maximum Gasteiger partial charge on any atom is 0.215 e. The Hall–Kier alpha value is -2.15. The van der Waals surface area contributed by atoms with Gasteiger partial charge in [0.25, 0.3) is 0 Å². The molecule has 6 heteroatoms. The van der Waals surface area contributed by atoms with Crippen molar-refractivity contribution >= 4 is 21.8 Å². The van der Waals surface area contributed by atoms with Crippen LogP contribution in [0.25, 0.3) is 6.08 Å². The van der Waals surface area contributed by atoms with E-state index < -0.39 is 15.6 Å². The van der Waals surface area contributed by atoms with Gasteiger partial charge in [-0.1, -0.05) is 78.0 Å². The van der Waals surface area contributed by atoms with Crippen molar-refractivity contribution in [3.05, 3.63) is 69.8 Å². The first-order valence-electron chi connectivity index (χ1n) is 15.6. The van der Waals surface area contributed by atoms with Gasteiger partial charge in [-0.05, 0) is 91.4 Å². The average Bonchev–Trinajstić information content (AvgIpc) is 2.87. The van der Waals surface area contributed by atoms with Gasteiger partial charge in [0.15, 0.2) is 0 Å². The molecule has 0 fully saturated rings. The highest BCUT2D eigenvalue weighted by Crippen LogP contribution is 2.52. The number of rotatable bonds is 12. The number of hydrogen-bond acceptors (Lipinski definition) is 4. The quantitative estimate of drug-likeness (QED) is 0.263. The molecule has 226 valence electrons. The van der Waals surface area contributed by atoms with Crippen LogP contribution >= 0.6 is 0 Å². The van der Waals surface area contributed by atoms with Gasteiger partial charge in [0.2, 0.25) is 10.0 Å². The lowest BCUT2D eigenvalue weighted by Crippen LogP contribution is -2.60. The van der Waals surface area contributed by atoms with E-state index in [1.165, 1.54) is 53.6 Å². The van der Waals surface area contributed by atoms with Crippen molar-refractivity contribution in [1.29, 1.82) is 0 Å². The Labute approximate surface area is 250 Å². The van der Waals surface area contributed by atoms with Crippen LogP contribution in [0.3, 0.4) is 0 Å². The zero-order valence-electron chi connectivity index (χ0n) is 27.0. The lowest BCUT2D eigenvalue weighted by atomic mass is 9.62. The predicted octanol–water partition coefficient (Wildman–Crippen LogP) is 7.37. The van der Waals surface area contributed by atoms with Gasteiger partial charge < -0.3 is 4.90 Å². The number of likely N-dealkylation sites (N-methyl/N-ethyl adjacent to an activating group) is 1. The molecule has 0 spiro atoms. The molecule has 0 radical (unpaired) electrons. The molecule has 1 atom stereocenters. The SMILES string of the molecule is CCCCCCCCNS(=O)(=O)CC1=CC(C)(C)N(CC)C2(C)C=C3C(=Cc4ccc(N(C)C)cc4C3(C)C)C=C12. The fraction of sp³-hybridized carbons (Fsp3) is 0.600. The molecule has 1 heterocycles. The zero-order valence-corrected chi connectivity index (χ0v) is 27.8. The maximum absolute atomic E-state index is 13.4. The summed E-state index contributed by atoms with van der Waals surface area (Å²) in [6, 6.07) is 6.72. The largest absolute Gasteiger partial charge is 0.378 e. The molecule has 0 saturated heterocycles. The summed E-state index contributed by atoms with van der Waals surface area (Å²) in [7, 11) is 0.705. The molecular formula is C35H53N3O2S. The molecule has 2 aliphatic carbocycles. The first-order chi connectivity index (χ1) is 19.2. The number of fused-ring (bicyclic) bond motifs is 3. The highest BCUT2D eigenvalue weighted by molar-refractivity contribution is 7.89. The van der Waals surface area contributed by atoms with E-state index >= 15 is 0 Å². The Morgan fingerprint density at radius 2 is 1.56 bits per heavy atom. The van der Waals surface area contributed by atoms with Gasteiger partial charge in [-0.25, -0.2) is 13.1 Å². The minimum absolute atomic E-state index is 0.00781. The molecule has 0 amide bonds. The Bertz CT molecular complexity index is 1380. The number of nitrogens with one attached hydrogen (secondary N) is 1. The van der Waals surface area contributed by atoms with E-state index in [4.69, 9.17) is 0 Å². The van der Waals surface area contributed by atoms with E-state index in [1.54, 1.807) is 0 Å². The van der Waals surface area contributed by atoms with Crippen molar-refractivity contribution < 1.29 is 8.42 Å². The van der Waals surface area contributed by atoms with Gasteiger partial charge >= 0.3 is 0 Å². The number of hydrogen-bond donors (Lipinski definition) is 1. The highest BCUT2D eigenvalue weighted by Gasteiger charge is 2.49. The van der Waals surface area contributed by atoms with Crippen molar-refractivity contribution in [2.45, 2.75) is 103 Å². The van der Waals surface area contributed by atoms with Crippen LogP contribution in [0, 0.1) is 0 Å². The third-order valence-corrected chi connectivity index (χ3v) is 10.8. The zero-order chi connectivity index (χ0) is 30.2. The summed E-state index contributed by atoms with van der Waals surface area (Å²) in [5.74, 6) is 0.00781. The number of anilines is 1. The summed E-state index contributed by atoms with van der Waals surface area (Å²) >= 11 is 0. The van der Waals surface area contributed by atoms with E-state index in [9.17, 15) is 8.42 Å². The molecule has 3 aliphatic rings. The van der Waals surface area contributed by atoms with Gasteiger partial charge in [0.05, 0.1) is 11.3 Å². The summed E-state index contributed by atoms with van der Waals surface area (Å²) in [6.45, 7) is 17.1. The monoisotopic (exact) mass is 579 g/mol. The van der Waals surface area contributed by atoms with Crippen molar-refractivity contribution in [2.75, 3.05) is 37.8 Å². The molecule has 0 saturated carbocycles. The van der Waals surface area contributed by atoms with Crippen LogP contribution in [0.1, 0.15) is 98.1 Å². The van der Waals surface area contributed by atoms with Crippen LogP contribution < -0.4 is 9.62 Å². The standard InChI is InChI=1S/C35H53N3O2S/c1-10-12-13-14-15-16-19-36-41(39,40)25-28-23-33(3,4)38(11-2)35(7)24-32-27(21-31(28)35)20-26-17-18-29(37(8)9)22-30(26)34(32,5)6/h17-18,20-24,36H,10-16,19,25H2,1-9H3. The topological polar surface area (TPSA) is 52.7 Å². The molecule has 5 nitrogen and oxygen atoms in total. The Morgan fingerprint density at radius 3 is 2.22 bits per heavy atom. The summed E-state index contributed by atoms with van der Waals surface area (Å²) in [6.07, 6.45) is 16.0. The number of unbranched alkanes of at least 4 members (excludes halogenated alkanes) is 5. The van der Waals surface area contributed by atoms with Gasteiger partial charge in [0.1, 0.15) is 0 Å². The molecule has 1 aromatic carbocycles. The smallest absolute Gasteiger partial charge is 0.215 e. The summed E-state index contributed by atoms with van der Waals surface area (Å²) in [5.41, 5.74) is 7.37. The third-order valence-electron chi connectivity index (χ3n) is 9.44. The van der Waals surface area contributed by atoms with Crippen LogP contribution in [0.5, 0.6) is 0 Å². The Morgan fingerprint density at radius 1 is 0.878 bits per heavy atom. The molecule has 1 aromatic rings. The molecule has 4 rings (SSSR count). The lowest BCUT2D eigenvalue weighted by Gasteiger charge is -2.55. The lowest BCUT2D eigenvalue weighted by molar-refractivity contribution is 0.0834. The molecule has 0 aromatic heterocycles. The number of sulfonamides is 1. The fourth-order valence-corrected chi connectivity index (χ4v) is 8.56. The fourth-order valence-electron chi connectivity index (χ4n) is 7.35. The number of benzene rings is 1. The van der Waals surface area contributed by atoms with E-state index in [1.807, 2.05) is 0 Å². The predicted molar refractivity (Wildman–Crippen MR) is 176 cm³/mol. The van der Waals surface area contributed by atoms with Crippen LogP contribution in [0.4, 0.5) is 5.69 Å². The number of nitrogens with zero attached hydrogens (tertiary/aromatic N) is 2. The second-order valence-electron chi connectivity index (χ2n) is 13.6. The Kier molecular flexibility index (Phi) is 9.19. The van der Waals surface area contributed by atoms with Crippen molar-refractivity contribution in [2.24, 2.45) is 0 Å². The molecule has 1 aliphatic heterocycles. The Balaban J connectivity index is 1.70. The molecular weight excluding hydrogens is 526 g/mol. The van der Waals surface area contributed by atoms with Gasteiger partial charge in [-0.15, -0.1) is 0 Å². The van der Waals surface area contributed by atoms with Crippen LogP contribution in [0.2, 0.25) is 0 Å². The van der Waals surface area contributed by atoms with Gasteiger partial charge in [-0.2, -0.15) is 0 Å². The highest BCUT2D eigenvalue weighted by atomic mass is 32.2. The van der Waals surface area contributed by atoms with Crippen LogP contribution in [-0.2, 0) is 15.4 Å². The normalized spacial score (nSPS) is 23.0. The molecule has 0 bridgehead atoms. The second kappa shape index (κ2) is 11.9. The summed E-state index contributed by atoms with van der Waals surface area (Å²) in [5, 5.41) is 0. The maximum atomic E-state index is 13.4. The first-order valence-corrected chi connectivity index (χ1v) is 17.3. The van der Waals surface area contributed by atoms with E-state index in [0.717, 1.165) is 30.5 Å². The molecule has 1 N–H and O–H groups in total. The molecule has 41 heavy (non-hydrogen) atoms. The van der Waals surface area contributed by atoms with E-state index in [2.05, 4.69) is 120 Å². The van der Waals surface area contributed by atoms with Crippen LogP contribution in [-0.4, -0.2) is 57.3 Å². The van der Waals surface area contributed by atoms with E-state index in [0.29, 0.717) is 6.54 Å². The van der Waals surface area contributed by atoms with Gasteiger partial charge in [-0.3, -0.25) is 4.90 Å². The van der Waals surface area contributed by atoms with Gasteiger partial charge in [0, 0.05) is 37.3 Å². The second-order valence-corrected chi connectivity index (χ2v) is 15.4. The third kappa shape index (κ3) is 6.30. The van der Waals surface area contributed by atoms with Crippen molar-refractivity contribution in [3.8, 4) is 0 Å². The van der Waals surface area contributed by atoms with E-state index in [-0.39, 0.29) is 16.7 Å². The summed E-state index contributed by atoms with van der Waals surface area (Å²) in [4.78, 5) is 4.67. The molecule has 1 unspecified atom stereocenters. The van der Waals surface area contributed by atoms with Crippen LogP contribution in [0.15, 0.2) is 58.7 Å². The van der Waals surface area contributed by atoms with Crippen molar-refractivity contribution in [3.63, 3.8) is 0 Å². The number of allylic oxidation sites excluding steroid dienone is 3. The summed E-state index contributed by atoms with van der Waals surface area (Å²) < 4.78 is 29.7. The average molecular weight is 580 g/mol.